The zero-order chi connectivity index (χ0) is 31.6. The van der Waals surface area contributed by atoms with Crippen LogP contribution in [0.3, 0.4) is 0 Å². The van der Waals surface area contributed by atoms with Gasteiger partial charge in [0.15, 0.2) is 0 Å². The lowest BCUT2D eigenvalue weighted by molar-refractivity contribution is -0.142. The minimum atomic E-state index is -1.26. The first-order valence-corrected chi connectivity index (χ1v) is 13.9. The van der Waals surface area contributed by atoms with Gasteiger partial charge in [0.1, 0.15) is 29.9 Å². The summed E-state index contributed by atoms with van der Waals surface area (Å²) in [5, 5.41) is 35.4. The number of nitrogens with two attached hydrogens (primary N) is 1. The Morgan fingerprint density at radius 2 is 1.64 bits per heavy atom. The number of hydrogen-bond donors (Lipinski definition) is 7. The molecule has 232 valence electrons. The first kappa shape index (κ1) is 34.0. The predicted octanol–water partition coefficient (Wildman–Crippen LogP) is -0.277. The number of nitrogens with one attached hydrogen (secondary N) is 3. The molecule has 42 heavy (non-hydrogen) atoms. The summed E-state index contributed by atoms with van der Waals surface area (Å²) in [7, 11) is 0. The van der Waals surface area contributed by atoms with E-state index in [9.17, 15) is 39.0 Å². The molecule has 14 nitrogen and oxygen atoms in total. The molecule has 1 aliphatic rings. The highest BCUT2D eigenvalue weighted by molar-refractivity contribution is 5.96. The average Bonchev–Trinajstić information content (AvgIpc) is 3.44. The highest BCUT2D eigenvalue weighted by atomic mass is 16.4. The molecule has 0 aliphatic carbocycles. The molecule has 6 atom stereocenters. The zero-order valence-corrected chi connectivity index (χ0v) is 24.0. The summed E-state index contributed by atoms with van der Waals surface area (Å²) in [4.78, 5) is 76.3. The van der Waals surface area contributed by atoms with Crippen LogP contribution in [0.2, 0.25) is 0 Å². The van der Waals surface area contributed by atoms with Crippen LogP contribution >= 0.6 is 0 Å². The molecule has 1 saturated heterocycles. The number of benzene rings is 1. The summed E-state index contributed by atoms with van der Waals surface area (Å²) in [5.41, 5.74) is 6.48. The van der Waals surface area contributed by atoms with E-state index >= 15 is 0 Å². The van der Waals surface area contributed by atoms with Gasteiger partial charge >= 0.3 is 11.9 Å². The zero-order valence-electron chi connectivity index (χ0n) is 24.0. The van der Waals surface area contributed by atoms with Gasteiger partial charge in [-0.05, 0) is 49.8 Å². The topological polar surface area (TPSA) is 228 Å². The number of carboxylic acid groups (broad SMARTS) is 2. The van der Waals surface area contributed by atoms with E-state index in [0.717, 1.165) is 0 Å². The number of aromatic hydroxyl groups is 1. The third-order valence-corrected chi connectivity index (χ3v) is 7.36. The van der Waals surface area contributed by atoms with Gasteiger partial charge in [-0.2, -0.15) is 0 Å². The van der Waals surface area contributed by atoms with Crippen LogP contribution in [0, 0.1) is 5.92 Å². The number of rotatable bonds is 15. The number of aliphatic carboxylic acids is 2. The minimum absolute atomic E-state index is 0.00473. The summed E-state index contributed by atoms with van der Waals surface area (Å²) in [5.74, 6) is -5.27. The summed E-state index contributed by atoms with van der Waals surface area (Å²) >= 11 is 0. The van der Waals surface area contributed by atoms with Crippen molar-refractivity contribution in [2.24, 2.45) is 11.7 Å². The summed E-state index contributed by atoms with van der Waals surface area (Å²) in [6, 6.07) is 0.432. The van der Waals surface area contributed by atoms with Crippen molar-refractivity contribution in [1.82, 2.24) is 20.9 Å². The van der Waals surface area contributed by atoms with Crippen LogP contribution in [-0.2, 0) is 35.2 Å². The number of carbonyl (C=O) groups is 6. The first-order chi connectivity index (χ1) is 19.7. The Labute approximate surface area is 244 Å². The van der Waals surface area contributed by atoms with E-state index in [4.69, 9.17) is 10.8 Å². The van der Waals surface area contributed by atoms with Crippen molar-refractivity contribution in [2.75, 3.05) is 6.54 Å². The van der Waals surface area contributed by atoms with Crippen LogP contribution in [0.25, 0.3) is 0 Å². The Balaban J connectivity index is 2.22. The number of carboxylic acids is 2. The van der Waals surface area contributed by atoms with Gasteiger partial charge in [-0.15, -0.1) is 0 Å². The molecule has 1 heterocycles. The lowest BCUT2D eigenvalue weighted by Gasteiger charge is -2.30. The lowest BCUT2D eigenvalue weighted by Crippen LogP contribution is -2.59. The van der Waals surface area contributed by atoms with E-state index < -0.39 is 65.8 Å². The second-order valence-electron chi connectivity index (χ2n) is 10.6. The number of hydrogen-bond acceptors (Lipinski definition) is 8. The number of amides is 4. The van der Waals surface area contributed by atoms with E-state index in [-0.39, 0.29) is 37.5 Å². The fourth-order valence-electron chi connectivity index (χ4n) is 4.58. The lowest BCUT2D eigenvalue weighted by atomic mass is 9.96. The van der Waals surface area contributed by atoms with E-state index in [2.05, 4.69) is 16.0 Å². The van der Waals surface area contributed by atoms with E-state index in [0.29, 0.717) is 24.8 Å². The van der Waals surface area contributed by atoms with Crippen molar-refractivity contribution >= 4 is 35.6 Å². The fourth-order valence-corrected chi connectivity index (χ4v) is 4.58. The summed E-state index contributed by atoms with van der Waals surface area (Å²) in [6.07, 6.45) is 0.935. The third kappa shape index (κ3) is 9.72. The van der Waals surface area contributed by atoms with Crippen LogP contribution in [0.5, 0.6) is 5.75 Å². The van der Waals surface area contributed by atoms with E-state index in [1.165, 1.54) is 24.0 Å². The SMILES string of the molecule is CC[C@H](C)[C@H](NC(=O)[C@@H]1CCCN1C(=O)[C@@H](N)CCC(=O)O)C(=O)N[C@@H](Cc1ccc(O)cc1)C(=O)N[C@@H](C)C(=O)O. The predicted molar refractivity (Wildman–Crippen MR) is 150 cm³/mol. The van der Waals surface area contributed by atoms with Gasteiger partial charge in [0, 0.05) is 19.4 Å². The Morgan fingerprint density at radius 1 is 1.00 bits per heavy atom. The molecule has 8 N–H and O–H groups in total. The maximum absolute atomic E-state index is 13.5. The van der Waals surface area contributed by atoms with Gasteiger partial charge in [0.25, 0.3) is 0 Å². The van der Waals surface area contributed by atoms with Crippen LogP contribution in [0.1, 0.15) is 58.4 Å². The molecule has 1 aromatic rings. The van der Waals surface area contributed by atoms with E-state index in [1.54, 1.807) is 19.1 Å². The molecular weight excluding hydrogens is 550 g/mol. The molecule has 0 aromatic heterocycles. The number of carbonyl (C=O) groups excluding carboxylic acids is 4. The third-order valence-electron chi connectivity index (χ3n) is 7.36. The maximum atomic E-state index is 13.5. The van der Waals surface area contributed by atoms with Crippen molar-refractivity contribution < 1.29 is 44.1 Å². The number of phenolic OH excluding ortho intramolecular Hbond substituents is 1. The Morgan fingerprint density at radius 3 is 2.21 bits per heavy atom. The van der Waals surface area contributed by atoms with Gasteiger partial charge in [-0.25, -0.2) is 0 Å². The van der Waals surface area contributed by atoms with Crippen LogP contribution in [0.15, 0.2) is 24.3 Å². The normalized spacial score (nSPS) is 18.2. The van der Waals surface area contributed by atoms with Gasteiger partial charge in [-0.3, -0.25) is 28.8 Å². The minimum Gasteiger partial charge on any atom is -0.508 e. The number of nitrogens with zero attached hydrogens (tertiary/aromatic N) is 1. The van der Waals surface area contributed by atoms with Gasteiger partial charge in [0.2, 0.25) is 23.6 Å². The highest BCUT2D eigenvalue weighted by Crippen LogP contribution is 2.20. The van der Waals surface area contributed by atoms with Crippen molar-refractivity contribution in [1.29, 1.82) is 0 Å². The van der Waals surface area contributed by atoms with Crippen LogP contribution in [0.4, 0.5) is 0 Å². The molecule has 0 spiro atoms. The quantitative estimate of drug-likeness (QED) is 0.141. The van der Waals surface area contributed by atoms with Crippen molar-refractivity contribution in [3.63, 3.8) is 0 Å². The van der Waals surface area contributed by atoms with Crippen LogP contribution < -0.4 is 21.7 Å². The fraction of sp³-hybridized carbons (Fsp3) is 0.571. The van der Waals surface area contributed by atoms with Crippen molar-refractivity contribution in [3.05, 3.63) is 29.8 Å². The van der Waals surface area contributed by atoms with E-state index in [1.807, 2.05) is 6.92 Å². The molecule has 4 amide bonds. The molecule has 0 bridgehead atoms. The molecule has 2 rings (SSSR count). The summed E-state index contributed by atoms with van der Waals surface area (Å²) < 4.78 is 0. The van der Waals surface area contributed by atoms with Crippen LogP contribution in [-0.4, -0.2) is 92.5 Å². The molecule has 0 radical (unpaired) electrons. The molecule has 1 aliphatic heterocycles. The largest absolute Gasteiger partial charge is 0.508 e. The van der Waals surface area contributed by atoms with Gasteiger partial charge in [-0.1, -0.05) is 32.4 Å². The molecule has 14 heteroatoms. The Bertz CT molecular complexity index is 1140. The Kier molecular flexibility index (Phi) is 12.7. The molecule has 0 unspecified atom stereocenters. The second-order valence-corrected chi connectivity index (χ2v) is 10.6. The second kappa shape index (κ2) is 15.7. The molecular formula is C28H41N5O9. The molecule has 1 fully saturated rings. The van der Waals surface area contributed by atoms with Crippen molar-refractivity contribution in [2.45, 2.75) is 89.5 Å². The molecule has 0 saturated carbocycles. The van der Waals surface area contributed by atoms with Crippen molar-refractivity contribution in [3.8, 4) is 5.75 Å². The monoisotopic (exact) mass is 591 g/mol. The Hall–Kier alpha value is -4.20. The first-order valence-electron chi connectivity index (χ1n) is 13.9. The summed E-state index contributed by atoms with van der Waals surface area (Å²) in [6.45, 7) is 5.10. The highest BCUT2D eigenvalue weighted by Gasteiger charge is 2.39. The average molecular weight is 592 g/mol. The standard InChI is InChI=1S/C28H41N5O9/c1-4-15(2)23(32-25(38)21-6-5-13-33(21)27(40)19(29)11-12-22(35)36)26(39)31-20(24(37)30-16(3)28(41)42)14-17-7-9-18(34)10-8-17/h7-10,15-16,19-21,23,34H,4-6,11-14,29H2,1-3H3,(H,30,37)(H,31,39)(H,32,38)(H,35,36)(H,41,42)/t15-,16-,19-,20-,21-,23-/m0/s1. The van der Waals surface area contributed by atoms with Gasteiger partial charge in [0.05, 0.1) is 6.04 Å². The van der Waals surface area contributed by atoms with Gasteiger partial charge < -0.3 is 41.9 Å². The molecule has 1 aromatic carbocycles. The maximum Gasteiger partial charge on any atom is 0.325 e. The number of likely N-dealkylation sites (tertiary alicyclic amines) is 1. The number of phenols is 1. The smallest absolute Gasteiger partial charge is 0.325 e.